The van der Waals surface area contributed by atoms with Crippen LogP contribution in [-0.4, -0.2) is 35.8 Å². The lowest BCUT2D eigenvalue weighted by atomic mass is 9.99. The predicted octanol–water partition coefficient (Wildman–Crippen LogP) is 7.03. The minimum atomic E-state index is -0.891. The van der Waals surface area contributed by atoms with Gasteiger partial charge in [-0.1, -0.05) is 70.0 Å². The third-order valence-electron chi connectivity index (χ3n) is 5.42. The van der Waals surface area contributed by atoms with Gasteiger partial charge in [-0.2, -0.15) is 0 Å². The number of allylic oxidation sites excluding steroid dienone is 2. The van der Waals surface area contributed by atoms with Gasteiger partial charge in [0, 0.05) is 26.1 Å². The number of benzene rings is 2. The molecule has 1 heterocycles. The maximum Gasteiger partial charge on any atom is 0.336 e. The van der Waals surface area contributed by atoms with Crippen molar-refractivity contribution in [1.82, 2.24) is 0 Å². The molecule has 1 aliphatic heterocycles. The smallest absolute Gasteiger partial charge is 0.336 e. The van der Waals surface area contributed by atoms with E-state index < -0.39 is 5.97 Å². The van der Waals surface area contributed by atoms with Gasteiger partial charge in [0.25, 0.3) is 0 Å². The van der Waals surface area contributed by atoms with Crippen LogP contribution in [0.1, 0.15) is 74.5 Å². The van der Waals surface area contributed by atoms with Gasteiger partial charge in [0.15, 0.2) is 5.78 Å². The SMILES string of the molecule is CCC(=O)/C(C)=C/C=NC.CCC(C)C.Cc1ccc(C2=Nc3cccc(C(=O)O)c3C2)cc1. The van der Waals surface area contributed by atoms with E-state index in [0.717, 1.165) is 34.0 Å². The van der Waals surface area contributed by atoms with Gasteiger partial charge in [-0.25, -0.2) is 4.79 Å². The Balaban J connectivity index is 0.000000325. The Hall–Kier alpha value is -3.34. The molecule has 0 saturated carbocycles. The van der Waals surface area contributed by atoms with Crippen molar-refractivity contribution in [2.45, 2.75) is 60.8 Å². The number of hydrogen-bond acceptors (Lipinski definition) is 4. The molecule has 182 valence electrons. The Morgan fingerprint density at radius 1 is 1.12 bits per heavy atom. The van der Waals surface area contributed by atoms with E-state index in [-0.39, 0.29) is 5.78 Å². The van der Waals surface area contributed by atoms with Crippen LogP contribution in [0, 0.1) is 12.8 Å². The Labute approximate surface area is 204 Å². The van der Waals surface area contributed by atoms with Gasteiger partial charge < -0.3 is 5.11 Å². The number of nitrogens with zero attached hydrogens (tertiary/aromatic N) is 2. The maximum atomic E-state index is 11.2. The quantitative estimate of drug-likeness (QED) is 0.369. The minimum absolute atomic E-state index is 0.180. The molecule has 0 unspecified atom stereocenters. The largest absolute Gasteiger partial charge is 0.478 e. The number of Topliss-reactive ketones (excluding diaryl/α,β-unsaturated/α-hetero) is 1. The molecule has 0 radical (unpaired) electrons. The Bertz CT molecular complexity index is 1050. The second-order valence-electron chi connectivity index (χ2n) is 8.55. The topological polar surface area (TPSA) is 79.1 Å². The zero-order valence-corrected chi connectivity index (χ0v) is 21.6. The van der Waals surface area contributed by atoms with Crippen LogP contribution >= 0.6 is 0 Å². The molecule has 0 aromatic heterocycles. The summed E-state index contributed by atoms with van der Waals surface area (Å²) in [6, 6.07) is 13.4. The maximum absolute atomic E-state index is 11.2. The second-order valence-corrected chi connectivity index (χ2v) is 8.55. The summed E-state index contributed by atoms with van der Waals surface area (Å²) in [5, 5.41) is 9.19. The standard InChI is InChI=1S/C16H13NO2.C8H13NO.C5H12/c1-10-5-7-11(8-6-10)15-9-13-12(16(18)19)3-2-4-14(13)17-15;1-4-8(10)7(2)5-6-9-3;1-4-5(2)3/h2-8H,9H2,1H3,(H,18,19);5-6H,4H2,1-3H3;5H,4H2,1-3H3/b;7-5+,9-6?;. The van der Waals surface area contributed by atoms with Crippen LogP contribution in [0.5, 0.6) is 0 Å². The second kappa shape index (κ2) is 14.7. The molecule has 3 rings (SSSR count). The first kappa shape index (κ1) is 28.7. The monoisotopic (exact) mass is 462 g/mol. The van der Waals surface area contributed by atoms with E-state index in [1.807, 2.05) is 44.2 Å². The molecule has 5 heteroatoms. The van der Waals surface area contributed by atoms with Crippen LogP contribution in [0.15, 0.2) is 64.1 Å². The number of carboxylic acids is 1. The van der Waals surface area contributed by atoms with Gasteiger partial charge in [-0.15, -0.1) is 0 Å². The molecule has 0 atom stereocenters. The van der Waals surface area contributed by atoms with Crippen molar-refractivity contribution < 1.29 is 14.7 Å². The highest BCUT2D eigenvalue weighted by Gasteiger charge is 2.21. The first-order valence-corrected chi connectivity index (χ1v) is 11.8. The first-order chi connectivity index (χ1) is 16.1. The van der Waals surface area contributed by atoms with Crippen LogP contribution in [0.3, 0.4) is 0 Å². The van der Waals surface area contributed by atoms with Crippen molar-refractivity contribution in [3.05, 3.63) is 76.4 Å². The number of carboxylic acid groups (broad SMARTS) is 1. The fraction of sp³-hybridized carbons (Fsp3) is 0.379. The average Bonchev–Trinajstić information content (AvgIpc) is 3.27. The molecule has 0 amide bonds. The molecule has 34 heavy (non-hydrogen) atoms. The predicted molar refractivity (Wildman–Crippen MR) is 143 cm³/mol. The lowest BCUT2D eigenvalue weighted by Gasteiger charge is -2.03. The number of rotatable bonds is 6. The van der Waals surface area contributed by atoms with Gasteiger partial charge >= 0.3 is 5.97 Å². The third-order valence-corrected chi connectivity index (χ3v) is 5.42. The minimum Gasteiger partial charge on any atom is -0.478 e. The summed E-state index contributed by atoms with van der Waals surface area (Å²) in [4.78, 5) is 30.4. The Morgan fingerprint density at radius 2 is 1.74 bits per heavy atom. The summed E-state index contributed by atoms with van der Waals surface area (Å²) < 4.78 is 0. The van der Waals surface area contributed by atoms with E-state index in [4.69, 9.17) is 0 Å². The van der Waals surface area contributed by atoms with Crippen molar-refractivity contribution >= 4 is 29.4 Å². The van der Waals surface area contributed by atoms with Crippen molar-refractivity contribution in [2.24, 2.45) is 15.9 Å². The zero-order chi connectivity index (χ0) is 25.7. The van der Waals surface area contributed by atoms with Crippen molar-refractivity contribution in [2.75, 3.05) is 7.05 Å². The molecule has 1 aliphatic rings. The van der Waals surface area contributed by atoms with E-state index in [9.17, 15) is 14.7 Å². The summed E-state index contributed by atoms with van der Waals surface area (Å²) in [5.41, 5.74) is 5.89. The zero-order valence-electron chi connectivity index (χ0n) is 21.6. The van der Waals surface area contributed by atoms with E-state index in [1.165, 1.54) is 12.0 Å². The molecule has 2 aromatic rings. The van der Waals surface area contributed by atoms with Crippen molar-refractivity contribution in [1.29, 1.82) is 0 Å². The van der Waals surface area contributed by atoms with E-state index >= 15 is 0 Å². The third kappa shape index (κ3) is 9.26. The van der Waals surface area contributed by atoms with Crippen LogP contribution in [-0.2, 0) is 11.2 Å². The number of ketones is 1. The molecule has 0 fully saturated rings. The summed E-state index contributed by atoms with van der Waals surface area (Å²) in [6.45, 7) is 12.3. The first-order valence-electron chi connectivity index (χ1n) is 11.8. The normalized spacial score (nSPS) is 12.4. The number of aryl methyl sites for hydroxylation is 1. The van der Waals surface area contributed by atoms with Gasteiger partial charge in [0.2, 0.25) is 0 Å². The fourth-order valence-corrected chi connectivity index (χ4v) is 2.89. The molecular weight excluding hydrogens is 424 g/mol. The van der Waals surface area contributed by atoms with E-state index in [1.54, 1.807) is 38.4 Å². The van der Waals surface area contributed by atoms with Gasteiger partial charge in [-0.05, 0) is 54.7 Å². The van der Waals surface area contributed by atoms with Crippen LogP contribution < -0.4 is 0 Å². The average molecular weight is 463 g/mol. The summed E-state index contributed by atoms with van der Waals surface area (Å²) in [6.07, 6.45) is 5.81. The summed E-state index contributed by atoms with van der Waals surface area (Å²) in [7, 11) is 1.68. The molecular formula is C29H38N2O3. The van der Waals surface area contributed by atoms with Crippen LogP contribution in [0.2, 0.25) is 0 Å². The van der Waals surface area contributed by atoms with Crippen LogP contribution in [0.4, 0.5) is 5.69 Å². The number of hydrogen-bond donors (Lipinski definition) is 1. The number of aliphatic imine (C=N–C) groups is 2. The fourth-order valence-electron chi connectivity index (χ4n) is 2.89. The number of carbonyl (C=O) groups excluding carboxylic acids is 1. The van der Waals surface area contributed by atoms with Crippen molar-refractivity contribution in [3.8, 4) is 0 Å². The highest BCUT2D eigenvalue weighted by Crippen LogP contribution is 2.31. The summed E-state index contributed by atoms with van der Waals surface area (Å²) >= 11 is 0. The Kier molecular flexibility index (Phi) is 12.4. The Morgan fingerprint density at radius 3 is 2.24 bits per heavy atom. The van der Waals surface area contributed by atoms with Crippen molar-refractivity contribution in [3.63, 3.8) is 0 Å². The molecule has 0 spiro atoms. The molecule has 0 saturated heterocycles. The highest BCUT2D eigenvalue weighted by molar-refractivity contribution is 6.08. The van der Waals surface area contributed by atoms with Gasteiger partial charge in [-0.3, -0.25) is 14.8 Å². The van der Waals surface area contributed by atoms with E-state index in [2.05, 4.69) is 30.8 Å². The lowest BCUT2D eigenvalue weighted by molar-refractivity contribution is -0.115. The molecule has 2 aromatic carbocycles. The number of aromatic carboxylic acids is 1. The summed E-state index contributed by atoms with van der Waals surface area (Å²) in [5.74, 6) is 0.173. The van der Waals surface area contributed by atoms with Gasteiger partial charge in [0.05, 0.1) is 17.0 Å². The highest BCUT2D eigenvalue weighted by atomic mass is 16.4. The molecule has 0 bridgehead atoms. The lowest BCUT2D eigenvalue weighted by Crippen LogP contribution is -2.05. The molecule has 1 N–H and O–H groups in total. The van der Waals surface area contributed by atoms with Crippen LogP contribution in [0.25, 0.3) is 0 Å². The number of fused-ring (bicyclic) bond motifs is 1. The molecule has 0 aliphatic carbocycles. The van der Waals surface area contributed by atoms with E-state index in [0.29, 0.717) is 18.4 Å². The number of carbonyl (C=O) groups is 2. The van der Waals surface area contributed by atoms with Gasteiger partial charge in [0.1, 0.15) is 0 Å². The molecule has 5 nitrogen and oxygen atoms in total.